The fourth-order valence-electron chi connectivity index (χ4n) is 2.21. The number of aliphatic carboxylic acids is 1. The van der Waals surface area contributed by atoms with Crippen LogP contribution in [0.3, 0.4) is 0 Å². The Hall–Kier alpha value is -1.35. The Labute approximate surface area is 103 Å². The van der Waals surface area contributed by atoms with Gasteiger partial charge in [0.15, 0.2) is 0 Å². The molecule has 1 atom stereocenters. The molecule has 0 saturated carbocycles. The summed E-state index contributed by atoms with van der Waals surface area (Å²) in [6, 6.07) is 10.5. The van der Waals surface area contributed by atoms with E-state index >= 15 is 0 Å². The van der Waals surface area contributed by atoms with E-state index in [4.69, 9.17) is 5.11 Å². The van der Waals surface area contributed by atoms with E-state index in [0.29, 0.717) is 12.5 Å². The van der Waals surface area contributed by atoms with Crippen LogP contribution >= 0.6 is 0 Å². The van der Waals surface area contributed by atoms with E-state index in [1.54, 1.807) is 0 Å². The predicted octanol–water partition coefficient (Wildman–Crippen LogP) is 2.79. The van der Waals surface area contributed by atoms with E-state index in [-0.39, 0.29) is 12.5 Å². The van der Waals surface area contributed by atoms with Crippen LogP contribution in [0, 0.1) is 5.92 Å². The average molecular weight is 235 g/mol. The molecule has 0 aromatic heterocycles. The zero-order valence-electron chi connectivity index (χ0n) is 10.8. The van der Waals surface area contributed by atoms with Crippen molar-refractivity contribution in [2.45, 2.75) is 26.3 Å². The topological polar surface area (TPSA) is 40.5 Å². The summed E-state index contributed by atoms with van der Waals surface area (Å²) in [5.74, 6) is -0.288. The van der Waals surface area contributed by atoms with E-state index in [1.807, 2.05) is 25.2 Å². The molecular formula is C14H21NO2. The minimum atomic E-state index is -0.743. The molecule has 0 aliphatic carbocycles. The molecule has 0 aliphatic heterocycles. The summed E-state index contributed by atoms with van der Waals surface area (Å²) in [5, 5.41) is 8.73. The molecule has 1 aromatic rings. The van der Waals surface area contributed by atoms with Gasteiger partial charge in [-0.3, -0.25) is 9.69 Å². The van der Waals surface area contributed by atoms with E-state index in [0.717, 1.165) is 0 Å². The van der Waals surface area contributed by atoms with Gasteiger partial charge in [0.1, 0.15) is 0 Å². The third kappa shape index (κ3) is 4.19. The SMILES string of the molecule is CC(C)C(c1ccccc1)N(C)CCC(=O)O. The molecule has 94 valence electrons. The van der Waals surface area contributed by atoms with Gasteiger partial charge in [-0.25, -0.2) is 0 Å². The minimum absolute atomic E-state index is 0.187. The summed E-state index contributed by atoms with van der Waals surface area (Å²) in [5.41, 5.74) is 1.25. The maximum absolute atomic E-state index is 10.6. The number of rotatable bonds is 6. The van der Waals surface area contributed by atoms with Gasteiger partial charge >= 0.3 is 5.97 Å². The van der Waals surface area contributed by atoms with Crippen molar-refractivity contribution in [3.63, 3.8) is 0 Å². The second-order valence-electron chi connectivity index (χ2n) is 4.72. The van der Waals surface area contributed by atoms with Crippen molar-refractivity contribution in [3.8, 4) is 0 Å². The van der Waals surface area contributed by atoms with E-state index in [2.05, 4.69) is 30.9 Å². The van der Waals surface area contributed by atoms with Gasteiger partial charge in [0.2, 0.25) is 0 Å². The first-order valence-electron chi connectivity index (χ1n) is 5.99. The van der Waals surface area contributed by atoms with Crippen LogP contribution in [0.5, 0.6) is 0 Å². The molecule has 0 fully saturated rings. The molecule has 1 N–H and O–H groups in total. The zero-order chi connectivity index (χ0) is 12.8. The van der Waals surface area contributed by atoms with Crippen molar-refractivity contribution in [3.05, 3.63) is 35.9 Å². The van der Waals surface area contributed by atoms with Crippen LogP contribution in [0.4, 0.5) is 0 Å². The summed E-state index contributed by atoms with van der Waals surface area (Å²) in [6.45, 7) is 4.90. The molecule has 0 radical (unpaired) electrons. The number of nitrogens with zero attached hydrogens (tertiary/aromatic N) is 1. The van der Waals surface area contributed by atoms with Crippen LogP contribution in [0.25, 0.3) is 0 Å². The van der Waals surface area contributed by atoms with E-state index < -0.39 is 5.97 Å². The second kappa shape index (κ2) is 6.40. The lowest BCUT2D eigenvalue weighted by Crippen LogP contribution is -2.30. The first-order valence-corrected chi connectivity index (χ1v) is 5.99. The number of carboxylic acids is 1. The lowest BCUT2D eigenvalue weighted by Gasteiger charge is -2.31. The molecule has 0 spiro atoms. The maximum Gasteiger partial charge on any atom is 0.304 e. The third-order valence-electron chi connectivity index (χ3n) is 2.93. The number of carbonyl (C=O) groups is 1. The van der Waals surface area contributed by atoms with Gasteiger partial charge in [-0.2, -0.15) is 0 Å². The van der Waals surface area contributed by atoms with Crippen LogP contribution in [0.15, 0.2) is 30.3 Å². The summed E-state index contributed by atoms with van der Waals surface area (Å²) in [7, 11) is 1.99. The fraction of sp³-hybridized carbons (Fsp3) is 0.500. The summed E-state index contributed by atoms with van der Waals surface area (Å²) in [6.07, 6.45) is 0.187. The Bertz CT molecular complexity index is 348. The molecule has 1 unspecified atom stereocenters. The molecule has 0 saturated heterocycles. The van der Waals surface area contributed by atoms with Crippen molar-refractivity contribution < 1.29 is 9.90 Å². The van der Waals surface area contributed by atoms with Gasteiger partial charge in [0, 0.05) is 12.6 Å². The highest BCUT2D eigenvalue weighted by atomic mass is 16.4. The lowest BCUT2D eigenvalue weighted by molar-refractivity contribution is -0.137. The highest BCUT2D eigenvalue weighted by Gasteiger charge is 2.20. The highest BCUT2D eigenvalue weighted by Crippen LogP contribution is 2.27. The van der Waals surface area contributed by atoms with Crippen molar-refractivity contribution in [2.75, 3.05) is 13.6 Å². The molecule has 0 amide bonds. The van der Waals surface area contributed by atoms with Crippen molar-refractivity contribution in [2.24, 2.45) is 5.92 Å². The Morgan fingerprint density at radius 3 is 2.35 bits per heavy atom. The van der Waals surface area contributed by atoms with Crippen LogP contribution in [-0.4, -0.2) is 29.6 Å². The zero-order valence-corrected chi connectivity index (χ0v) is 10.8. The standard InChI is InChI=1S/C14H21NO2/c1-11(2)14(12-7-5-4-6-8-12)15(3)10-9-13(16)17/h4-8,11,14H,9-10H2,1-3H3,(H,16,17). The molecule has 0 bridgehead atoms. The highest BCUT2D eigenvalue weighted by molar-refractivity contribution is 5.66. The van der Waals surface area contributed by atoms with Gasteiger partial charge in [-0.05, 0) is 18.5 Å². The Morgan fingerprint density at radius 2 is 1.88 bits per heavy atom. The Kier molecular flexibility index (Phi) is 5.16. The summed E-state index contributed by atoms with van der Waals surface area (Å²) < 4.78 is 0. The normalized spacial score (nSPS) is 13.0. The average Bonchev–Trinajstić information content (AvgIpc) is 2.27. The summed E-state index contributed by atoms with van der Waals surface area (Å²) in [4.78, 5) is 12.7. The number of benzene rings is 1. The summed E-state index contributed by atoms with van der Waals surface area (Å²) >= 11 is 0. The predicted molar refractivity (Wildman–Crippen MR) is 68.9 cm³/mol. The maximum atomic E-state index is 10.6. The van der Waals surface area contributed by atoms with Gasteiger partial charge in [-0.15, -0.1) is 0 Å². The first kappa shape index (κ1) is 13.7. The lowest BCUT2D eigenvalue weighted by atomic mass is 9.94. The Balaban J connectivity index is 2.76. The Morgan fingerprint density at radius 1 is 1.29 bits per heavy atom. The minimum Gasteiger partial charge on any atom is -0.481 e. The van der Waals surface area contributed by atoms with Crippen LogP contribution in [-0.2, 0) is 4.79 Å². The fourth-order valence-corrected chi connectivity index (χ4v) is 2.21. The van der Waals surface area contributed by atoms with Gasteiger partial charge in [-0.1, -0.05) is 44.2 Å². The molecule has 17 heavy (non-hydrogen) atoms. The molecular weight excluding hydrogens is 214 g/mol. The number of hydrogen-bond acceptors (Lipinski definition) is 2. The molecule has 1 aromatic carbocycles. The van der Waals surface area contributed by atoms with E-state index in [9.17, 15) is 4.79 Å². The molecule has 0 aliphatic rings. The number of carboxylic acid groups (broad SMARTS) is 1. The second-order valence-corrected chi connectivity index (χ2v) is 4.72. The molecule has 3 heteroatoms. The quantitative estimate of drug-likeness (QED) is 0.824. The van der Waals surface area contributed by atoms with Crippen LogP contribution in [0.1, 0.15) is 31.9 Å². The molecule has 3 nitrogen and oxygen atoms in total. The van der Waals surface area contributed by atoms with Crippen LogP contribution in [0.2, 0.25) is 0 Å². The van der Waals surface area contributed by atoms with Crippen LogP contribution < -0.4 is 0 Å². The van der Waals surface area contributed by atoms with Crippen molar-refractivity contribution >= 4 is 5.97 Å². The molecule has 1 rings (SSSR count). The molecule has 0 heterocycles. The third-order valence-corrected chi connectivity index (χ3v) is 2.93. The van der Waals surface area contributed by atoms with E-state index in [1.165, 1.54) is 5.56 Å². The first-order chi connectivity index (χ1) is 8.02. The number of hydrogen-bond donors (Lipinski definition) is 1. The van der Waals surface area contributed by atoms with Gasteiger partial charge in [0.05, 0.1) is 6.42 Å². The smallest absolute Gasteiger partial charge is 0.304 e. The van der Waals surface area contributed by atoms with Gasteiger partial charge < -0.3 is 5.11 Å². The van der Waals surface area contributed by atoms with Crippen molar-refractivity contribution in [1.29, 1.82) is 0 Å². The van der Waals surface area contributed by atoms with Gasteiger partial charge in [0.25, 0.3) is 0 Å². The van der Waals surface area contributed by atoms with Crippen molar-refractivity contribution in [1.82, 2.24) is 4.90 Å². The monoisotopic (exact) mass is 235 g/mol. The largest absolute Gasteiger partial charge is 0.481 e.